The van der Waals surface area contributed by atoms with Gasteiger partial charge >= 0.3 is 11.9 Å². The predicted molar refractivity (Wildman–Crippen MR) is 127 cm³/mol. The molecule has 190 valence electrons. The second-order valence-corrected chi connectivity index (χ2v) is 9.26. The minimum atomic E-state index is -4.64. The Labute approximate surface area is 205 Å². The first-order valence-corrected chi connectivity index (χ1v) is 11.9. The molecular weight excluding hydrogens is 473 g/mol. The van der Waals surface area contributed by atoms with Gasteiger partial charge in [-0.1, -0.05) is 18.6 Å². The van der Waals surface area contributed by atoms with Gasteiger partial charge < -0.3 is 15.0 Å². The molecule has 1 saturated carbocycles. The number of nitrogens with one attached hydrogen (secondary N) is 1. The molecule has 0 amide bonds. The van der Waals surface area contributed by atoms with Crippen molar-refractivity contribution in [3.63, 3.8) is 0 Å². The van der Waals surface area contributed by atoms with Gasteiger partial charge in [-0.3, -0.25) is 8.97 Å². The molecule has 4 aromatic rings. The van der Waals surface area contributed by atoms with Crippen molar-refractivity contribution in [1.29, 1.82) is 0 Å². The highest BCUT2D eigenvalue weighted by Gasteiger charge is 2.35. The third-order valence-corrected chi connectivity index (χ3v) is 6.90. The van der Waals surface area contributed by atoms with Crippen LogP contribution in [0.2, 0.25) is 0 Å². The van der Waals surface area contributed by atoms with Crippen molar-refractivity contribution in [2.45, 2.75) is 37.9 Å². The van der Waals surface area contributed by atoms with E-state index in [4.69, 9.17) is 5.11 Å². The molecule has 1 fully saturated rings. The standard InChI is InChI=1S/C25H27F3N6O2/c1-32-15-30-31-23(32)22(17-4-2-5-17)18-6-3-7-19(11-18)33-14-21-20(25(26,27)28)10-16(12-29-8-9-35)13-34(21)24(33)36/h3,6-7,10-11,13-15,17,22,29,35H,2,4-5,8-9,12H2,1H3/t22-/m1/s1. The molecule has 3 aromatic heterocycles. The number of fused-ring (bicyclic) bond motifs is 1. The first-order valence-electron chi connectivity index (χ1n) is 11.9. The molecule has 11 heteroatoms. The van der Waals surface area contributed by atoms with Gasteiger partial charge in [-0.2, -0.15) is 13.2 Å². The van der Waals surface area contributed by atoms with Crippen LogP contribution in [0.1, 0.15) is 47.7 Å². The van der Waals surface area contributed by atoms with Crippen molar-refractivity contribution < 1.29 is 18.3 Å². The van der Waals surface area contributed by atoms with E-state index < -0.39 is 17.4 Å². The Morgan fingerprint density at radius 1 is 1.22 bits per heavy atom. The molecule has 1 aromatic carbocycles. The van der Waals surface area contributed by atoms with Gasteiger partial charge in [0.05, 0.1) is 23.4 Å². The molecule has 0 unspecified atom stereocenters. The molecule has 0 spiro atoms. The number of aryl methyl sites for hydroxylation is 1. The number of rotatable bonds is 8. The molecule has 0 aliphatic heterocycles. The number of halogens is 3. The summed E-state index contributed by atoms with van der Waals surface area (Å²) in [5, 5.41) is 20.2. The van der Waals surface area contributed by atoms with E-state index in [0.29, 0.717) is 17.2 Å². The molecular formula is C25H27F3N6O2. The summed E-state index contributed by atoms with van der Waals surface area (Å²) in [6, 6.07) is 8.40. The van der Waals surface area contributed by atoms with E-state index in [9.17, 15) is 18.0 Å². The summed E-state index contributed by atoms with van der Waals surface area (Å²) in [4.78, 5) is 13.3. The van der Waals surface area contributed by atoms with Crippen LogP contribution in [-0.4, -0.2) is 42.0 Å². The number of aliphatic hydroxyl groups excluding tert-OH is 1. The molecule has 1 aliphatic rings. The third-order valence-electron chi connectivity index (χ3n) is 6.90. The average molecular weight is 501 g/mol. The Morgan fingerprint density at radius 2 is 2.03 bits per heavy atom. The minimum absolute atomic E-state index is 0.0196. The zero-order valence-corrected chi connectivity index (χ0v) is 19.7. The lowest BCUT2D eigenvalue weighted by Gasteiger charge is -2.33. The fourth-order valence-corrected chi connectivity index (χ4v) is 4.91. The number of aliphatic hydroxyl groups is 1. The highest BCUT2D eigenvalue weighted by atomic mass is 19.4. The number of alkyl halides is 3. The highest BCUT2D eigenvalue weighted by molar-refractivity contribution is 5.58. The third kappa shape index (κ3) is 4.44. The molecule has 3 heterocycles. The summed E-state index contributed by atoms with van der Waals surface area (Å²) < 4.78 is 46.0. The zero-order chi connectivity index (χ0) is 25.4. The minimum Gasteiger partial charge on any atom is -0.395 e. The molecule has 0 saturated heterocycles. The lowest BCUT2D eigenvalue weighted by molar-refractivity contribution is -0.136. The number of imidazole rings is 1. The van der Waals surface area contributed by atoms with Crippen molar-refractivity contribution in [3.8, 4) is 5.69 Å². The molecule has 36 heavy (non-hydrogen) atoms. The predicted octanol–water partition coefficient (Wildman–Crippen LogP) is 3.25. The van der Waals surface area contributed by atoms with E-state index in [-0.39, 0.29) is 31.1 Å². The Kier molecular flexibility index (Phi) is 6.44. The Morgan fingerprint density at radius 3 is 2.67 bits per heavy atom. The van der Waals surface area contributed by atoms with E-state index in [2.05, 4.69) is 15.5 Å². The zero-order valence-electron chi connectivity index (χ0n) is 19.7. The maximum Gasteiger partial charge on any atom is 0.418 e. The van der Waals surface area contributed by atoms with Crippen molar-refractivity contribution in [1.82, 2.24) is 29.0 Å². The SMILES string of the molecule is Cn1cnnc1[C@@H](c1cccc(-n2cc3c(C(F)(F)F)cc(CNCCO)cn3c2=O)c1)C1CCC1. The van der Waals surface area contributed by atoms with Gasteiger partial charge in [0.2, 0.25) is 0 Å². The number of pyridine rings is 1. The van der Waals surface area contributed by atoms with Gasteiger partial charge in [0.1, 0.15) is 12.2 Å². The molecule has 2 N–H and O–H groups in total. The van der Waals surface area contributed by atoms with Gasteiger partial charge in [0.15, 0.2) is 0 Å². The molecule has 1 aliphatic carbocycles. The van der Waals surface area contributed by atoms with Crippen LogP contribution < -0.4 is 11.0 Å². The van der Waals surface area contributed by atoms with E-state index in [1.54, 1.807) is 12.4 Å². The second-order valence-electron chi connectivity index (χ2n) is 9.26. The first-order chi connectivity index (χ1) is 17.3. The smallest absolute Gasteiger partial charge is 0.395 e. The van der Waals surface area contributed by atoms with Gasteiger partial charge in [-0.05, 0) is 48.1 Å². The number of aromatic nitrogens is 5. The average Bonchev–Trinajstić information content (AvgIpc) is 3.38. The van der Waals surface area contributed by atoms with Crippen LogP contribution >= 0.6 is 0 Å². The summed E-state index contributed by atoms with van der Waals surface area (Å²) in [5.74, 6) is 1.19. The molecule has 1 atom stereocenters. The maximum absolute atomic E-state index is 13.9. The molecule has 5 rings (SSSR count). The number of hydrogen-bond acceptors (Lipinski definition) is 5. The van der Waals surface area contributed by atoms with Crippen molar-refractivity contribution in [2.75, 3.05) is 13.2 Å². The topological polar surface area (TPSA) is 89.4 Å². The summed E-state index contributed by atoms with van der Waals surface area (Å²) in [5.41, 5.74) is 0.0396. The van der Waals surface area contributed by atoms with Gasteiger partial charge in [0, 0.05) is 38.4 Å². The van der Waals surface area contributed by atoms with E-state index >= 15 is 0 Å². The van der Waals surface area contributed by atoms with Crippen LogP contribution in [0.15, 0.2) is 53.8 Å². The van der Waals surface area contributed by atoms with Gasteiger partial charge in [-0.15, -0.1) is 10.2 Å². The number of benzene rings is 1. The normalized spacial score (nSPS) is 15.4. The van der Waals surface area contributed by atoms with Crippen LogP contribution in [0, 0.1) is 5.92 Å². The number of hydrogen-bond donors (Lipinski definition) is 2. The highest BCUT2D eigenvalue weighted by Crippen LogP contribution is 2.43. The van der Waals surface area contributed by atoms with Gasteiger partial charge in [-0.25, -0.2) is 4.79 Å². The summed E-state index contributed by atoms with van der Waals surface area (Å²) in [6.07, 6.45) is 2.92. The summed E-state index contributed by atoms with van der Waals surface area (Å²) in [6.45, 7) is 0.181. The van der Waals surface area contributed by atoms with Crippen molar-refractivity contribution in [2.24, 2.45) is 13.0 Å². The fraction of sp³-hybridized carbons (Fsp3) is 0.400. The first kappa shape index (κ1) is 24.3. The monoisotopic (exact) mass is 500 g/mol. The van der Waals surface area contributed by atoms with E-state index in [0.717, 1.165) is 41.1 Å². The lowest BCUT2D eigenvalue weighted by atomic mass is 9.72. The molecule has 8 nitrogen and oxygen atoms in total. The van der Waals surface area contributed by atoms with E-state index in [1.165, 1.54) is 17.0 Å². The Hall–Kier alpha value is -3.44. The lowest BCUT2D eigenvalue weighted by Crippen LogP contribution is -2.24. The Balaban J connectivity index is 1.61. The van der Waals surface area contributed by atoms with Crippen LogP contribution in [-0.2, 0) is 19.8 Å². The quantitative estimate of drug-likeness (QED) is 0.363. The summed E-state index contributed by atoms with van der Waals surface area (Å²) in [7, 11) is 1.89. The van der Waals surface area contributed by atoms with Crippen LogP contribution in [0.4, 0.5) is 13.2 Å². The van der Waals surface area contributed by atoms with E-state index in [1.807, 2.05) is 29.8 Å². The summed E-state index contributed by atoms with van der Waals surface area (Å²) >= 11 is 0. The molecule has 0 bridgehead atoms. The van der Waals surface area contributed by atoms with Crippen molar-refractivity contribution >= 4 is 5.52 Å². The maximum atomic E-state index is 13.9. The van der Waals surface area contributed by atoms with Gasteiger partial charge in [0.25, 0.3) is 0 Å². The Bertz CT molecular complexity index is 1430. The van der Waals surface area contributed by atoms with Crippen molar-refractivity contribution in [3.05, 3.63) is 82.1 Å². The van der Waals surface area contributed by atoms with Crippen LogP contribution in [0.5, 0.6) is 0 Å². The number of nitrogens with zero attached hydrogens (tertiary/aromatic N) is 5. The largest absolute Gasteiger partial charge is 0.418 e. The van der Waals surface area contributed by atoms with Crippen LogP contribution in [0.3, 0.4) is 0 Å². The second kappa shape index (κ2) is 9.55. The van der Waals surface area contributed by atoms with Crippen LogP contribution in [0.25, 0.3) is 11.2 Å². The fourth-order valence-electron chi connectivity index (χ4n) is 4.91. The molecule has 0 radical (unpaired) electrons.